The van der Waals surface area contributed by atoms with Crippen molar-refractivity contribution in [2.75, 3.05) is 11.9 Å². The normalized spacial score (nSPS) is 12.3. The number of para-hydroxylation sites is 1. The van der Waals surface area contributed by atoms with E-state index in [0.717, 1.165) is 16.9 Å². The molecule has 10 heteroatoms. The van der Waals surface area contributed by atoms with Crippen LogP contribution in [0, 0.1) is 6.92 Å². The summed E-state index contributed by atoms with van der Waals surface area (Å²) in [5.41, 5.74) is 1.29. The number of ether oxygens (including phenoxy) is 1. The van der Waals surface area contributed by atoms with Gasteiger partial charge in [0.05, 0.1) is 6.04 Å². The molecule has 0 aliphatic heterocycles. The molecular weight excluding hydrogens is 412 g/mol. The quantitative estimate of drug-likeness (QED) is 0.530. The zero-order valence-corrected chi connectivity index (χ0v) is 17.5. The van der Waals surface area contributed by atoms with Crippen molar-refractivity contribution in [3.05, 3.63) is 65.7 Å². The SMILES string of the molecule is Cc1ccccc1C(=O)Nc1nnc(S(=O)(=O)NC(C)COc2ccccc2)s1. The van der Waals surface area contributed by atoms with Crippen LogP contribution in [-0.4, -0.2) is 37.2 Å². The Hall–Kier alpha value is -2.82. The summed E-state index contributed by atoms with van der Waals surface area (Å²) in [4.78, 5) is 12.3. The molecule has 2 N–H and O–H groups in total. The minimum absolute atomic E-state index is 0.104. The maximum atomic E-state index is 12.5. The van der Waals surface area contributed by atoms with Gasteiger partial charge in [-0.3, -0.25) is 10.1 Å². The lowest BCUT2D eigenvalue weighted by Crippen LogP contribution is -2.36. The molecule has 1 atom stereocenters. The number of carbonyl (C=O) groups excluding carboxylic acids is 1. The average molecular weight is 433 g/mol. The van der Waals surface area contributed by atoms with Crippen LogP contribution in [0.25, 0.3) is 0 Å². The molecule has 2 aromatic carbocycles. The number of amides is 1. The highest BCUT2D eigenvalue weighted by molar-refractivity contribution is 7.91. The van der Waals surface area contributed by atoms with Gasteiger partial charge in [-0.2, -0.15) is 0 Å². The number of nitrogens with one attached hydrogen (secondary N) is 2. The number of hydrogen-bond acceptors (Lipinski definition) is 7. The number of carbonyl (C=O) groups is 1. The van der Waals surface area contributed by atoms with Crippen LogP contribution in [0.15, 0.2) is 58.9 Å². The van der Waals surface area contributed by atoms with E-state index < -0.39 is 16.1 Å². The first-order chi connectivity index (χ1) is 13.8. The van der Waals surface area contributed by atoms with Crippen molar-refractivity contribution in [3.63, 3.8) is 0 Å². The van der Waals surface area contributed by atoms with Gasteiger partial charge in [0.1, 0.15) is 12.4 Å². The van der Waals surface area contributed by atoms with Gasteiger partial charge in [0, 0.05) is 5.56 Å². The van der Waals surface area contributed by atoms with Crippen molar-refractivity contribution >= 4 is 32.4 Å². The number of sulfonamides is 1. The van der Waals surface area contributed by atoms with Gasteiger partial charge < -0.3 is 4.74 Å². The van der Waals surface area contributed by atoms with Crippen molar-refractivity contribution < 1.29 is 17.9 Å². The van der Waals surface area contributed by atoms with Crippen molar-refractivity contribution in [1.29, 1.82) is 0 Å². The van der Waals surface area contributed by atoms with Gasteiger partial charge in [0.25, 0.3) is 15.9 Å². The minimum Gasteiger partial charge on any atom is -0.492 e. The Bertz CT molecular complexity index is 1080. The Balaban J connectivity index is 1.61. The molecule has 1 heterocycles. The van der Waals surface area contributed by atoms with E-state index in [1.807, 2.05) is 37.3 Å². The second-order valence-corrected chi connectivity index (χ2v) is 9.15. The third-order valence-electron chi connectivity index (χ3n) is 3.85. The van der Waals surface area contributed by atoms with Gasteiger partial charge >= 0.3 is 0 Å². The van der Waals surface area contributed by atoms with E-state index in [1.54, 1.807) is 31.2 Å². The largest absolute Gasteiger partial charge is 0.492 e. The monoisotopic (exact) mass is 432 g/mol. The Kier molecular flexibility index (Phi) is 6.57. The Morgan fingerprint density at radius 2 is 1.79 bits per heavy atom. The van der Waals surface area contributed by atoms with Gasteiger partial charge in [-0.1, -0.05) is 47.7 Å². The number of nitrogens with zero attached hydrogens (tertiary/aromatic N) is 2. The summed E-state index contributed by atoms with van der Waals surface area (Å²) in [7, 11) is -3.89. The van der Waals surface area contributed by atoms with Crippen LogP contribution < -0.4 is 14.8 Å². The van der Waals surface area contributed by atoms with E-state index in [1.165, 1.54) is 0 Å². The van der Waals surface area contributed by atoms with E-state index in [0.29, 0.717) is 11.3 Å². The van der Waals surface area contributed by atoms with Crippen molar-refractivity contribution in [2.24, 2.45) is 0 Å². The molecule has 0 radical (unpaired) electrons. The highest BCUT2D eigenvalue weighted by Gasteiger charge is 2.23. The smallest absolute Gasteiger partial charge is 0.270 e. The maximum absolute atomic E-state index is 12.5. The molecule has 0 fully saturated rings. The topological polar surface area (TPSA) is 110 Å². The zero-order chi connectivity index (χ0) is 20.9. The predicted molar refractivity (Wildman–Crippen MR) is 111 cm³/mol. The fourth-order valence-electron chi connectivity index (χ4n) is 2.45. The van der Waals surface area contributed by atoms with Crippen LogP contribution in [0.5, 0.6) is 5.75 Å². The summed E-state index contributed by atoms with van der Waals surface area (Å²) in [6, 6.07) is 15.7. The first-order valence-electron chi connectivity index (χ1n) is 8.76. The van der Waals surface area contributed by atoms with Gasteiger partial charge in [0.15, 0.2) is 0 Å². The summed E-state index contributed by atoms with van der Waals surface area (Å²) < 4.78 is 32.8. The summed E-state index contributed by atoms with van der Waals surface area (Å²) in [6.45, 7) is 3.65. The molecule has 0 aliphatic carbocycles. The van der Waals surface area contributed by atoms with Crippen molar-refractivity contribution in [1.82, 2.24) is 14.9 Å². The molecule has 3 rings (SSSR count). The molecule has 152 valence electrons. The second kappa shape index (κ2) is 9.12. The highest BCUT2D eigenvalue weighted by atomic mass is 32.2. The number of hydrogen-bond donors (Lipinski definition) is 2. The van der Waals surface area contributed by atoms with Crippen LogP contribution >= 0.6 is 11.3 Å². The minimum atomic E-state index is -3.89. The fourth-order valence-corrected chi connectivity index (χ4v) is 4.59. The number of benzene rings is 2. The van der Waals surface area contributed by atoms with E-state index in [2.05, 4.69) is 20.2 Å². The van der Waals surface area contributed by atoms with E-state index in [-0.39, 0.29) is 22.0 Å². The number of aromatic nitrogens is 2. The molecule has 0 aliphatic rings. The van der Waals surface area contributed by atoms with Crippen LogP contribution in [0.1, 0.15) is 22.8 Å². The average Bonchev–Trinajstić information content (AvgIpc) is 3.17. The van der Waals surface area contributed by atoms with Gasteiger partial charge in [-0.15, -0.1) is 10.2 Å². The van der Waals surface area contributed by atoms with E-state index >= 15 is 0 Å². The fraction of sp³-hybridized carbons (Fsp3) is 0.211. The van der Waals surface area contributed by atoms with E-state index in [4.69, 9.17) is 4.74 Å². The molecule has 8 nitrogen and oxygen atoms in total. The van der Waals surface area contributed by atoms with Crippen LogP contribution in [0.3, 0.4) is 0 Å². The summed E-state index contributed by atoms with van der Waals surface area (Å²) in [5.74, 6) is 0.274. The van der Waals surface area contributed by atoms with Gasteiger partial charge in [-0.25, -0.2) is 13.1 Å². The summed E-state index contributed by atoms with van der Waals surface area (Å²) in [6.07, 6.45) is 0. The zero-order valence-electron chi connectivity index (χ0n) is 15.8. The van der Waals surface area contributed by atoms with Crippen molar-refractivity contribution in [2.45, 2.75) is 24.2 Å². The summed E-state index contributed by atoms with van der Waals surface area (Å²) in [5, 5.41) is 10.1. The number of aryl methyl sites for hydroxylation is 1. The predicted octanol–water partition coefficient (Wildman–Crippen LogP) is 2.84. The molecule has 0 bridgehead atoms. The van der Waals surface area contributed by atoms with Gasteiger partial charge in [0.2, 0.25) is 9.47 Å². The third kappa shape index (κ3) is 5.59. The molecule has 29 heavy (non-hydrogen) atoms. The van der Waals surface area contributed by atoms with Crippen molar-refractivity contribution in [3.8, 4) is 5.75 Å². The lowest BCUT2D eigenvalue weighted by atomic mass is 10.1. The first-order valence-corrected chi connectivity index (χ1v) is 11.1. The van der Waals surface area contributed by atoms with E-state index in [9.17, 15) is 13.2 Å². The van der Waals surface area contributed by atoms with Crippen LogP contribution in [-0.2, 0) is 10.0 Å². The lowest BCUT2D eigenvalue weighted by Gasteiger charge is -2.13. The molecule has 0 saturated carbocycles. The molecule has 1 amide bonds. The van der Waals surface area contributed by atoms with Crippen LogP contribution in [0.2, 0.25) is 0 Å². The Labute approximate surface area is 173 Å². The molecule has 1 unspecified atom stereocenters. The summed E-state index contributed by atoms with van der Waals surface area (Å²) >= 11 is 0.780. The first kappa shape index (κ1) is 20.9. The maximum Gasteiger partial charge on any atom is 0.270 e. The highest BCUT2D eigenvalue weighted by Crippen LogP contribution is 2.21. The molecule has 1 aromatic heterocycles. The lowest BCUT2D eigenvalue weighted by molar-refractivity contribution is 0.102. The number of anilines is 1. The Morgan fingerprint density at radius 1 is 1.10 bits per heavy atom. The standard InChI is InChI=1S/C19H20N4O4S2/c1-13-8-6-7-11-16(13)17(24)20-18-21-22-19(28-18)29(25,26)23-14(2)12-27-15-9-4-3-5-10-15/h3-11,14,23H,12H2,1-2H3,(H,20,21,24). The van der Waals surface area contributed by atoms with Crippen LogP contribution in [0.4, 0.5) is 5.13 Å². The van der Waals surface area contributed by atoms with Gasteiger partial charge in [-0.05, 0) is 37.6 Å². The second-order valence-electron chi connectivity index (χ2n) is 6.29. The number of rotatable bonds is 8. The Morgan fingerprint density at radius 3 is 2.52 bits per heavy atom. The third-order valence-corrected chi connectivity index (χ3v) is 6.64. The molecule has 3 aromatic rings. The molecule has 0 spiro atoms. The molecule has 0 saturated heterocycles. The molecular formula is C19H20N4O4S2.